The second-order valence-corrected chi connectivity index (χ2v) is 6.83. The molecule has 0 bridgehead atoms. The molecule has 18 heavy (non-hydrogen) atoms. The second-order valence-electron chi connectivity index (χ2n) is 4.82. The topological polar surface area (TPSA) is 86.2 Å². The summed E-state index contributed by atoms with van der Waals surface area (Å²) in [7, 11) is -3.12. The summed E-state index contributed by atoms with van der Waals surface area (Å²) in [5.74, 6) is 0.644. The van der Waals surface area contributed by atoms with Gasteiger partial charge in [0, 0.05) is 6.26 Å². The highest BCUT2D eigenvalue weighted by Gasteiger charge is 2.13. The molecule has 1 unspecified atom stereocenters. The smallest absolute Gasteiger partial charge is 0.175 e. The van der Waals surface area contributed by atoms with Crippen molar-refractivity contribution >= 4 is 9.84 Å². The third-order valence-corrected chi connectivity index (χ3v) is 4.36. The molecule has 1 aromatic rings. The maximum atomic E-state index is 11.4. The van der Waals surface area contributed by atoms with Gasteiger partial charge in [-0.3, -0.25) is 0 Å². The molecule has 4 nitrogen and oxygen atoms in total. The van der Waals surface area contributed by atoms with Crippen LogP contribution in [-0.4, -0.2) is 27.8 Å². The molecular formula is C13H22N2O2S. The van der Waals surface area contributed by atoms with Gasteiger partial charge in [-0.1, -0.05) is 19.1 Å². The van der Waals surface area contributed by atoms with Crippen LogP contribution < -0.4 is 11.5 Å². The quantitative estimate of drug-likeness (QED) is 0.811. The lowest BCUT2D eigenvalue weighted by Gasteiger charge is -2.18. The fourth-order valence-electron chi connectivity index (χ4n) is 1.97. The molecule has 4 N–H and O–H groups in total. The lowest BCUT2D eigenvalue weighted by atomic mass is 9.90. The van der Waals surface area contributed by atoms with Gasteiger partial charge in [0.25, 0.3) is 0 Å². The molecule has 0 aliphatic rings. The van der Waals surface area contributed by atoms with Crippen LogP contribution in [0, 0.1) is 5.92 Å². The Labute approximate surface area is 109 Å². The normalized spacial score (nSPS) is 13.8. The summed E-state index contributed by atoms with van der Waals surface area (Å²) in [5.41, 5.74) is 12.4. The summed E-state index contributed by atoms with van der Waals surface area (Å²) in [4.78, 5) is 0.354. The molecule has 0 amide bonds. The van der Waals surface area contributed by atoms with Crippen LogP contribution in [0.5, 0.6) is 0 Å². The van der Waals surface area contributed by atoms with Gasteiger partial charge in [0.05, 0.1) is 4.90 Å². The van der Waals surface area contributed by atoms with Crippen LogP contribution in [0.2, 0.25) is 0 Å². The van der Waals surface area contributed by atoms with E-state index < -0.39 is 9.84 Å². The average Bonchev–Trinajstić information content (AvgIpc) is 2.34. The summed E-state index contributed by atoms with van der Waals surface area (Å²) in [6.45, 7) is 3.28. The van der Waals surface area contributed by atoms with Crippen LogP contribution in [0.15, 0.2) is 29.2 Å². The first-order valence-electron chi connectivity index (χ1n) is 6.08. The van der Waals surface area contributed by atoms with Crippen molar-refractivity contribution in [2.45, 2.75) is 24.2 Å². The highest BCUT2D eigenvalue weighted by Crippen LogP contribution is 2.23. The molecule has 1 rings (SSSR count). The van der Waals surface area contributed by atoms with Crippen LogP contribution in [0.25, 0.3) is 0 Å². The van der Waals surface area contributed by atoms with E-state index >= 15 is 0 Å². The number of benzene rings is 1. The number of sulfone groups is 1. The summed E-state index contributed by atoms with van der Waals surface area (Å²) in [6.07, 6.45) is 2.13. The summed E-state index contributed by atoms with van der Waals surface area (Å²) >= 11 is 0. The van der Waals surface area contributed by atoms with E-state index in [4.69, 9.17) is 11.5 Å². The van der Waals surface area contributed by atoms with Crippen LogP contribution in [0.1, 0.15) is 24.8 Å². The Morgan fingerprint density at radius 3 is 2.00 bits per heavy atom. The molecule has 0 fully saturated rings. The predicted octanol–water partition coefficient (Wildman–Crippen LogP) is 1.12. The van der Waals surface area contributed by atoms with Crippen molar-refractivity contribution in [1.29, 1.82) is 0 Å². The Morgan fingerprint density at radius 2 is 1.61 bits per heavy atom. The third kappa shape index (κ3) is 4.08. The van der Waals surface area contributed by atoms with Crippen molar-refractivity contribution in [2.24, 2.45) is 17.4 Å². The van der Waals surface area contributed by atoms with Gasteiger partial charge in [0.2, 0.25) is 0 Å². The zero-order chi connectivity index (χ0) is 13.8. The number of hydrogen-bond acceptors (Lipinski definition) is 4. The molecule has 0 saturated heterocycles. The third-order valence-electron chi connectivity index (χ3n) is 3.23. The predicted molar refractivity (Wildman–Crippen MR) is 74.2 cm³/mol. The summed E-state index contributed by atoms with van der Waals surface area (Å²) in [5, 5.41) is 0. The molecule has 0 spiro atoms. The Balaban J connectivity index is 2.79. The Morgan fingerprint density at radius 1 is 1.11 bits per heavy atom. The van der Waals surface area contributed by atoms with E-state index in [9.17, 15) is 8.42 Å². The van der Waals surface area contributed by atoms with Crippen LogP contribution in [0.4, 0.5) is 0 Å². The molecule has 1 atom stereocenters. The molecule has 0 heterocycles. The van der Waals surface area contributed by atoms with Gasteiger partial charge in [-0.25, -0.2) is 8.42 Å². The molecule has 1 aromatic carbocycles. The fourth-order valence-corrected chi connectivity index (χ4v) is 2.60. The molecule has 0 radical (unpaired) electrons. The summed E-state index contributed by atoms with van der Waals surface area (Å²) in [6, 6.07) is 7.04. The van der Waals surface area contributed by atoms with Crippen molar-refractivity contribution < 1.29 is 8.42 Å². The van der Waals surface area contributed by atoms with Gasteiger partial charge < -0.3 is 11.5 Å². The van der Waals surface area contributed by atoms with Gasteiger partial charge in [-0.15, -0.1) is 0 Å². The minimum atomic E-state index is -3.12. The van der Waals surface area contributed by atoms with E-state index in [1.807, 2.05) is 12.1 Å². The number of nitrogens with two attached hydrogens (primary N) is 2. The molecule has 0 aliphatic heterocycles. The maximum Gasteiger partial charge on any atom is 0.175 e. The van der Waals surface area contributed by atoms with Crippen molar-refractivity contribution in [3.05, 3.63) is 29.8 Å². The van der Waals surface area contributed by atoms with Gasteiger partial charge >= 0.3 is 0 Å². The van der Waals surface area contributed by atoms with Crippen LogP contribution in [0.3, 0.4) is 0 Å². The fraction of sp³-hybridized carbons (Fsp3) is 0.538. The van der Waals surface area contributed by atoms with E-state index in [1.54, 1.807) is 12.1 Å². The highest BCUT2D eigenvalue weighted by atomic mass is 32.2. The minimum Gasteiger partial charge on any atom is -0.330 e. The monoisotopic (exact) mass is 270 g/mol. The van der Waals surface area contributed by atoms with Crippen molar-refractivity contribution in [3.63, 3.8) is 0 Å². The van der Waals surface area contributed by atoms with E-state index in [2.05, 4.69) is 6.92 Å². The first-order valence-corrected chi connectivity index (χ1v) is 7.97. The van der Waals surface area contributed by atoms with Gasteiger partial charge in [0.15, 0.2) is 9.84 Å². The number of rotatable bonds is 6. The minimum absolute atomic E-state index is 0.314. The standard InChI is InChI=1S/C13H22N2O2S/c1-10(7-11(8-14)9-15)12-3-5-13(6-4-12)18(2,16)17/h3-6,10-11H,7-9,14-15H2,1-2H3. The second kappa shape index (κ2) is 6.31. The Bertz CT molecular complexity index is 464. The first-order chi connectivity index (χ1) is 8.38. The molecule has 0 aromatic heterocycles. The molecule has 5 heteroatoms. The van der Waals surface area contributed by atoms with E-state index in [-0.39, 0.29) is 0 Å². The summed E-state index contributed by atoms with van der Waals surface area (Å²) < 4.78 is 22.7. The van der Waals surface area contributed by atoms with E-state index in [0.29, 0.717) is 29.8 Å². The average molecular weight is 270 g/mol. The first kappa shape index (κ1) is 15.1. The van der Waals surface area contributed by atoms with E-state index in [0.717, 1.165) is 12.0 Å². The van der Waals surface area contributed by atoms with Crippen LogP contribution in [-0.2, 0) is 9.84 Å². The zero-order valence-corrected chi connectivity index (χ0v) is 11.8. The molecular weight excluding hydrogens is 248 g/mol. The Hall–Kier alpha value is -0.910. The highest BCUT2D eigenvalue weighted by molar-refractivity contribution is 7.90. The van der Waals surface area contributed by atoms with Gasteiger partial charge in [-0.2, -0.15) is 0 Å². The number of hydrogen-bond donors (Lipinski definition) is 2. The lowest BCUT2D eigenvalue weighted by Crippen LogP contribution is -2.24. The Kier molecular flexibility index (Phi) is 5.31. The van der Waals surface area contributed by atoms with Crippen molar-refractivity contribution in [1.82, 2.24) is 0 Å². The SMILES string of the molecule is CC(CC(CN)CN)c1ccc(S(C)(=O)=O)cc1. The molecule has 0 aliphatic carbocycles. The maximum absolute atomic E-state index is 11.4. The lowest BCUT2D eigenvalue weighted by molar-refractivity contribution is 0.465. The van der Waals surface area contributed by atoms with Crippen molar-refractivity contribution in [3.8, 4) is 0 Å². The largest absolute Gasteiger partial charge is 0.330 e. The van der Waals surface area contributed by atoms with E-state index in [1.165, 1.54) is 6.26 Å². The molecule has 102 valence electrons. The zero-order valence-electron chi connectivity index (χ0n) is 11.0. The van der Waals surface area contributed by atoms with Gasteiger partial charge in [-0.05, 0) is 49.0 Å². The molecule has 0 saturated carbocycles. The van der Waals surface area contributed by atoms with Gasteiger partial charge in [0.1, 0.15) is 0 Å². The van der Waals surface area contributed by atoms with Crippen molar-refractivity contribution in [2.75, 3.05) is 19.3 Å². The van der Waals surface area contributed by atoms with Crippen LogP contribution >= 0.6 is 0 Å².